The van der Waals surface area contributed by atoms with Crippen molar-refractivity contribution < 1.29 is 13.9 Å². The fourth-order valence-corrected chi connectivity index (χ4v) is 4.52. The summed E-state index contributed by atoms with van der Waals surface area (Å²) < 4.78 is 11.4. The van der Waals surface area contributed by atoms with Gasteiger partial charge < -0.3 is 9.15 Å². The molecule has 166 valence electrons. The van der Waals surface area contributed by atoms with Crippen LogP contribution in [0.25, 0.3) is 11.0 Å². The van der Waals surface area contributed by atoms with Gasteiger partial charge in [-0.15, -0.1) is 0 Å². The molecule has 33 heavy (non-hydrogen) atoms. The highest BCUT2D eigenvalue weighted by Gasteiger charge is 2.43. The fraction of sp³-hybridized carbons (Fsp3) is 0.185. The minimum atomic E-state index is -0.638. The normalized spacial score (nSPS) is 15.4. The molecule has 3 aromatic carbocycles. The highest BCUT2D eigenvalue weighted by molar-refractivity contribution is 6.31. The van der Waals surface area contributed by atoms with E-state index in [0.717, 1.165) is 5.56 Å². The second kappa shape index (κ2) is 8.09. The number of anilines is 1. The Morgan fingerprint density at radius 3 is 2.45 bits per heavy atom. The summed E-state index contributed by atoms with van der Waals surface area (Å²) in [5.41, 5.74) is 3.00. The highest BCUT2D eigenvalue weighted by atomic mass is 35.5. The summed E-state index contributed by atoms with van der Waals surface area (Å²) in [5.74, 6) is 0.657. The number of methoxy groups -OCH3 is 1. The monoisotopic (exact) mass is 459 g/mol. The highest BCUT2D eigenvalue weighted by Crippen LogP contribution is 2.42. The molecule has 0 spiro atoms. The predicted molar refractivity (Wildman–Crippen MR) is 130 cm³/mol. The number of benzene rings is 3. The van der Waals surface area contributed by atoms with Crippen LogP contribution < -0.4 is 15.1 Å². The number of hydrogen-bond acceptors (Lipinski definition) is 4. The molecule has 1 amide bonds. The topological polar surface area (TPSA) is 59.8 Å². The molecule has 0 N–H and O–H groups in total. The van der Waals surface area contributed by atoms with E-state index in [2.05, 4.69) is 13.8 Å². The third kappa shape index (κ3) is 3.49. The van der Waals surface area contributed by atoms with Gasteiger partial charge in [-0.05, 0) is 47.4 Å². The van der Waals surface area contributed by atoms with Gasteiger partial charge in [0.05, 0.1) is 24.1 Å². The second-order valence-corrected chi connectivity index (χ2v) is 8.85. The molecule has 6 heteroatoms. The Kier molecular flexibility index (Phi) is 5.22. The third-order valence-electron chi connectivity index (χ3n) is 6.08. The molecule has 0 fully saturated rings. The number of nitrogens with zero attached hydrogens (tertiary/aromatic N) is 1. The van der Waals surface area contributed by atoms with Crippen LogP contribution in [0.3, 0.4) is 0 Å². The molecular weight excluding hydrogens is 438 g/mol. The Balaban J connectivity index is 1.78. The van der Waals surface area contributed by atoms with Crippen LogP contribution in [-0.2, 0) is 0 Å². The van der Waals surface area contributed by atoms with Gasteiger partial charge in [0.2, 0.25) is 5.76 Å². The first kappa shape index (κ1) is 21.3. The van der Waals surface area contributed by atoms with Crippen LogP contribution in [0.2, 0.25) is 5.02 Å². The van der Waals surface area contributed by atoms with E-state index < -0.39 is 6.04 Å². The van der Waals surface area contributed by atoms with Crippen LogP contribution in [0.4, 0.5) is 5.69 Å². The maximum absolute atomic E-state index is 13.7. The number of fused-ring (bicyclic) bond motifs is 2. The molecule has 2 heterocycles. The average molecular weight is 460 g/mol. The van der Waals surface area contributed by atoms with Crippen LogP contribution >= 0.6 is 11.6 Å². The van der Waals surface area contributed by atoms with Crippen molar-refractivity contribution in [2.24, 2.45) is 0 Å². The first-order valence-electron chi connectivity index (χ1n) is 10.7. The number of halogens is 1. The fourth-order valence-electron chi connectivity index (χ4n) is 4.35. The second-order valence-electron chi connectivity index (χ2n) is 8.42. The van der Waals surface area contributed by atoms with Crippen molar-refractivity contribution >= 4 is 34.2 Å². The number of hydrogen-bond donors (Lipinski definition) is 0. The van der Waals surface area contributed by atoms with Gasteiger partial charge >= 0.3 is 0 Å². The number of rotatable bonds is 4. The number of carbonyl (C=O) groups is 1. The standard InChI is InChI=1S/C27H22ClNO4/c1-15(2)16-7-9-17(10-8-16)24-23-25(30)21-13-18(28)11-12-22(21)33-26(23)27(31)29(24)19-5-4-6-20(14-19)32-3/h4-15,24H,1-3H3. The largest absolute Gasteiger partial charge is 0.497 e. The van der Waals surface area contributed by atoms with Crippen LogP contribution in [0, 0.1) is 0 Å². The Bertz CT molecular complexity index is 1440. The molecule has 0 aliphatic carbocycles. The molecule has 1 unspecified atom stereocenters. The van der Waals surface area contributed by atoms with E-state index in [1.165, 1.54) is 5.56 Å². The van der Waals surface area contributed by atoms with Crippen LogP contribution in [0.1, 0.15) is 53.1 Å². The Labute approximate surface area is 196 Å². The smallest absolute Gasteiger partial charge is 0.295 e. The van der Waals surface area contributed by atoms with Crippen molar-refractivity contribution in [2.45, 2.75) is 25.8 Å². The maximum Gasteiger partial charge on any atom is 0.295 e. The van der Waals surface area contributed by atoms with E-state index in [-0.39, 0.29) is 17.1 Å². The lowest BCUT2D eigenvalue weighted by Gasteiger charge is -2.26. The number of carbonyl (C=O) groups excluding carboxylic acids is 1. The van der Waals surface area contributed by atoms with E-state index in [1.54, 1.807) is 36.3 Å². The van der Waals surface area contributed by atoms with E-state index in [9.17, 15) is 9.59 Å². The molecule has 0 saturated heterocycles. The molecular formula is C27H22ClNO4. The van der Waals surface area contributed by atoms with Gasteiger partial charge in [0.25, 0.3) is 5.91 Å². The third-order valence-corrected chi connectivity index (χ3v) is 6.32. The van der Waals surface area contributed by atoms with Crippen molar-refractivity contribution in [3.05, 3.63) is 104 Å². The van der Waals surface area contributed by atoms with Crippen molar-refractivity contribution in [3.63, 3.8) is 0 Å². The molecule has 1 aliphatic heterocycles. The summed E-state index contributed by atoms with van der Waals surface area (Å²) in [7, 11) is 1.57. The zero-order chi connectivity index (χ0) is 23.3. The zero-order valence-corrected chi connectivity index (χ0v) is 19.2. The van der Waals surface area contributed by atoms with Crippen LogP contribution in [0.15, 0.2) is 75.9 Å². The quantitative estimate of drug-likeness (QED) is 0.358. The molecule has 0 radical (unpaired) electrons. The summed E-state index contributed by atoms with van der Waals surface area (Å²) >= 11 is 6.16. The molecule has 5 rings (SSSR count). The minimum Gasteiger partial charge on any atom is -0.497 e. The van der Waals surface area contributed by atoms with Crippen molar-refractivity contribution in [3.8, 4) is 5.75 Å². The van der Waals surface area contributed by atoms with Gasteiger partial charge in [0.15, 0.2) is 5.43 Å². The van der Waals surface area contributed by atoms with Crippen LogP contribution in [-0.4, -0.2) is 13.0 Å². The summed E-state index contributed by atoms with van der Waals surface area (Å²) in [4.78, 5) is 28.9. The Hall–Kier alpha value is -3.57. The molecule has 0 bridgehead atoms. The lowest BCUT2D eigenvalue weighted by Crippen LogP contribution is -2.29. The van der Waals surface area contributed by atoms with Gasteiger partial charge in [0.1, 0.15) is 11.3 Å². The van der Waals surface area contributed by atoms with E-state index in [1.807, 2.05) is 42.5 Å². The molecule has 1 atom stereocenters. The van der Waals surface area contributed by atoms with E-state index in [0.29, 0.717) is 38.9 Å². The molecule has 1 aliphatic rings. The van der Waals surface area contributed by atoms with Gasteiger partial charge in [-0.25, -0.2) is 0 Å². The van der Waals surface area contributed by atoms with Gasteiger partial charge in [0, 0.05) is 16.8 Å². The average Bonchev–Trinajstić information content (AvgIpc) is 3.12. The van der Waals surface area contributed by atoms with Gasteiger partial charge in [-0.1, -0.05) is 55.8 Å². The lowest BCUT2D eigenvalue weighted by atomic mass is 9.95. The SMILES string of the molecule is COc1cccc(N2C(=O)c3oc4ccc(Cl)cc4c(=O)c3C2c2ccc(C(C)C)cc2)c1. The lowest BCUT2D eigenvalue weighted by molar-refractivity contribution is 0.0971. The summed E-state index contributed by atoms with van der Waals surface area (Å²) in [5, 5.41) is 0.784. The molecule has 4 aromatic rings. The predicted octanol–water partition coefficient (Wildman–Crippen LogP) is 6.33. The number of amides is 1. The molecule has 1 aromatic heterocycles. The summed E-state index contributed by atoms with van der Waals surface area (Å²) in [6, 6.07) is 19.4. The maximum atomic E-state index is 13.7. The van der Waals surface area contributed by atoms with Crippen molar-refractivity contribution in [1.29, 1.82) is 0 Å². The van der Waals surface area contributed by atoms with Crippen molar-refractivity contribution in [2.75, 3.05) is 12.0 Å². The van der Waals surface area contributed by atoms with Gasteiger partial charge in [-0.3, -0.25) is 14.5 Å². The minimum absolute atomic E-state index is 0.0515. The summed E-state index contributed by atoms with van der Waals surface area (Å²) in [6.45, 7) is 4.24. The van der Waals surface area contributed by atoms with E-state index in [4.69, 9.17) is 20.8 Å². The molecule has 0 saturated carbocycles. The Morgan fingerprint density at radius 2 is 1.76 bits per heavy atom. The number of ether oxygens (including phenoxy) is 1. The zero-order valence-electron chi connectivity index (χ0n) is 18.5. The van der Waals surface area contributed by atoms with Crippen LogP contribution in [0.5, 0.6) is 5.75 Å². The van der Waals surface area contributed by atoms with E-state index >= 15 is 0 Å². The Morgan fingerprint density at radius 1 is 1.00 bits per heavy atom. The van der Waals surface area contributed by atoms with Gasteiger partial charge in [-0.2, -0.15) is 0 Å². The molecule has 5 nitrogen and oxygen atoms in total. The van der Waals surface area contributed by atoms with Crippen molar-refractivity contribution in [1.82, 2.24) is 0 Å². The summed E-state index contributed by atoms with van der Waals surface area (Å²) in [6.07, 6.45) is 0. The first-order valence-corrected chi connectivity index (χ1v) is 11.1. The first-order chi connectivity index (χ1) is 15.9.